The molecule has 126 valence electrons. The van der Waals surface area contributed by atoms with Gasteiger partial charge in [0.15, 0.2) is 11.5 Å². The van der Waals surface area contributed by atoms with Gasteiger partial charge in [-0.1, -0.05) is 36.4 Å². The first-order chi connectivity index (χ1) is 12.1. The van der Waals surface area contributed by atoms with Crippen LogP contribution >= 0.6 is 0 Å². The van der Waals surface area contributed by atoms with Crippen LogP contribution in [0.4, 0.5) is 0 Å². The number of para-hydroxylation sites is 1. The standard InChI is InChI=1S/C21H19NO3/c1-14-5-4-6-17-9-11-18(22-21(14)17)10-7-16-8-12-19(25-15(2)23)20(13-16)24-3/h4-13H,1-3H3/b10-7+. The lowest BCUT2D eigenvalue weighted by Crippen LogP contribution is -2.02. The minimum atomic E-state index is -0.377. The van der Waals surface area contributed by atoms with Gasteiger partial charge in [0.05, 0.1) is 18.3 Å². The number of ether oxygens (including phenoxy) is 2. The van der Waals surface area contributed by atoms with Crippen molar-refractivity contribution >= 4 is 29.0 Å². The van der Waals surface area contributed by atoms with Crippen molar-refractivity contribution in [3.05, 3.63) is 65.4 Å². The van der Waals surface area contributed by atoms with Gasteiger partial charge in [0.25, 0.3) is 0 Å². The number of fused-ring (bicyclic) bond motifs is 1. The zero-order chi connectivity index (χ0) is 17.8. The van der Waals surface area contributed by atoms with Gasteiger partial charge in [0, 0.05) is 12.3 Å². The number of nitrogens with zero attached hydrogens (tertiary/aromatic N) is 1. The molecule has 3 rings (SSSR count). The van der Waals surface area contributed by atoms with E-state index in [1.165, 1.54) is 6.92 Å². The number of carbonyl (C=O) groups excluding carboxylic acids is 1. The van der Waals surface area contributed by atoms with Crippen molar-refractivity contribution in [2.45, 2.75) is 13.8 Å². The molecule has 4 heteroatoms. The first-order valence-corrected chi connectivity index (χ1v) is 7.98. The van der Waals surface area contributed by atoms with Gasteiger partial charge in [0.2, 0.25) is 0 Å². The molecule has 1 aromatic heterocycles. The van der Waals surface area contributed by atoms with E-state index in [2.05, 4.69) is 25.1 Å². The van der Waals surface area contributed by atoms with E-state index in [9.17, 15) is 4.79 Å². The monoisotopic (exact) mass is 333 g/mol. The lowest BCUT2D eigenvalue weighted by atomic mass is 10.1. The third kappa shape index (κ3) is 3.86. The summed E-state index contributed by atoms with van der Waals surface area (Å²) >= 11 is 0. The maximum Gasteiger partial charge on any atom is 0.308 e. The van der Waals surface area contributed by atoms with Crippen LogP contribution in [0.25, 0.3) is 23.1 Å². The molecule has 1 heterocycles. The molecular weight excluding hydrogens is 314 g/mol. The highest BCUT2D eigenvalue weighted by Crippen LogP contribution is 2.29. The van der Waals surface area contributed by atoms with E-state index in [0.29, 0.717) is 11.5 Å². The molecule has 0 unspecified atom stereocenters. The third-order valence-corrected chi connectivity index (χ3v) is 3.83. The van der Waals surface area contributed by atoms with E-state index < -0.39 is 0 Å². The average molecular weight is 333 g/mol. The van der Waals surface area contributed by atoms with Crippen molar-refractivity contribution in [1.29, 1.82) is 0 Å². The third-order valence-electron chi connectivity index (χ3n) is 3.83. The fourth-order valence-electron chi connectivity index (χ4n) is 2.61. The van der Waals surface area contributed by atoms with E-state index >= 15 is 0 Å². The maximum absolute atomic E-state index is 11.1. The summed E-state index contributed by atoms with van der Waals surface area (Å²) in [6, 6.07) is 15.6. The van der Waals surface area contributed by atoms with Crippen LogP contribution in [-0.2, 0) is 4.79 Å². The number of carbonyl (C=O) groups is 1. The summed E-state index contributed by atoms with van der Waals surface area (Å²) < 4.78 is 10.4. The molecule has 0 atom stereocenters. The Morgan fingerprint density at radius 1 is 1.04 bits per heavy atom. The Kier molecular flexibility index (Phi) is 4.80. The van der Waals surface area contributed by atoms with Crippen LogP contribution in [0.3, 0.4) is 0 Å². The first kappa shape index (κ1) is 16.7. The molecule has 0 saturated heterocycles. The number of methoxy groups -OCH3 is 1. The lowest BCUT2D eigenvalue weighted by Gasteiger charge is -2.08. The zero-order valence-corrected chi connectivity index (χ0v) is 14.4. The number of benzene rings is 2. The molecule has 0 amide bonds. The number of aromatic nitrogens is 1. The highest BCUT2D eigenvalue weighted by molar-refractivity contribution is 5.83. The van der Waals surface area contributed by atoms with E-state index in [1.807, 2.05) is 36.4 Å². The molecule has 0 bridgehead atoms. The topological polar surface area (TPSA) is 48.4 Å². The number of pyridine rings is 1. The summed E-state index contributed by atoms with van der Waals surface area (Å²) in [4.78, 5) is 15.8. The van der Waals surface area contributed by atoms with Crippen molar-refractivity contribution in [1.82, 2.24) is 4.98 Å². The van der Waals surface area contributed by atoms with Crippen LogP contribution in [0.1, 0.15) is 23.7 Å². The lowest BCUT2D eigenvalue weighted by molar-refractivity contribution is -0.132. The maximum atomic E-state index is 11.1. The van der Waals surface area contributed by atoms with Gasteiger partial charge in [-0.2, -0.15) is 0 Å². The van der Waals surface area contributed by atoms with Gasteiger partial charge in [-0.05, 0) is 42.3 Å². The Bertz CT molecular complexity index is 961. The number of hydrogen-bond donors (Lipinski definition) is 0. The number of hydrogen-bond acceptors (Lipinski definition) is 4. The molecule has 0 radical (unpaired) electrons. The predicted molar refractivity (Wildman–Crippen MR) is 99.7 cm³/mol. The summed E-state index contributed by atoms with van der Waals surface area (Å²) in [5.41, 5.74) is 3.97. The van der Waals surface area contributed by atoms with Gasteiger partial charge in [-0.3, -0.25) is 4.79 Å². The highest BCUT2D eigenvalue weighted by atomic mass is 16.6. The molecule has 0 aliphatic rings. The number of rotatable bonds is 4. The summed E-state index contributed by atoms with van der Waals surface area (Å²) in [6.45, 7) is 3.42. The smallest absolute Gasteiger partial charge is 0.308 e. The molecular formula is C21H19NO3. The van der Waals surface area contributed by atoms with Crippen LogP contribution in [-0.4, -0.2) is 18.1 Å². The summed E-state index contributed by atoms with van der Waals surface area (Å²) in [5, 5.41) is 1.13. The SMILES string of the molecule is COc1cc(/C=C/c2ccc3cccc(C)c3n2)ccc1OC(C)=O. The molecule has 0 fully saturated rings. The summed E-state index contributed by atoms with van der Waals surface area (Å²) in [7, 11) is 1.55. The Morgan fingerprint density at radius 3 is 2.64 bits per heavy atom. The van der Waals surface area contributed by atoms with Crippen molar-refractivity contribution in [2.75, 3.05) is 7.11 Å². The fourth-order valence-corrected chi connectivity index (χ4v) is 2.61. The largest absolute Gasteiger partial charge is 0.493 e. The van der Waals surface area contributed by atoms with Crippen LogP contribution in [0.2, 0.25) is 0 Å². The Balaban J connectivity index is 1.89. The van der Waals surface area contributed by atoms with Crippen LogP contribution in [0.15, 0.2) is 48.5 Å². The van der Waals surface area contributed by atoms with Crippen molar-refractivity contribution in [2.24, 2.45) is 0 Å². The summed E-state index contributed by atoms with van der Waals surface area (Å²) in [6.07, 6.45) is 3.90. The Morgan fingerprint density at radius 2 is 1.88 bits per heavy atom. The van der Waals surface area contributed by atoms with Gasteiger partial charge in [-0.15, -0.1) is 0 Å². The van der Waals surface area contributed by atoms with Crippen LogP contribution in [0, 0.1) is 6.92 Å². The van der Waals surface area contributed by atoms with Gasteiger partial charge in [-0.25, -0.2) is 4.98 Å². The molecule has 25 heavy (non-hydrogen) atoms. The quantitative estimate of drug-likeness (QED) is 0.515. The molecule has 3 aromatic rings. The second-order valence-corrected chi connectivity index (χ2v) is 5.72. The van der Waals surface area contributed by atoms with E-state index in [0.717, 1.165) is 27.7 Å². The van der Waals surface area contributed by atoms with E-state index in [-0.39, 0.29) is 5.97 Å². The Hall–Kier alpha value is -3.14. The molecule has 4 nitrogen and oxygen atoms in total. The first-order valence-electron chi connectivity index (χ1n) is 7.98. The highest BCUT2D eigenvalue weighted by Gasteiger charge is 2.07. The fraction of sp³-hybridized carbons (Fsp3) is 0.143. The number of esters is 1. The molecule has 0 N–H and O–H groups in total. The minimum absolute atomic E-state index is 0.377. The van der Waals surface area contributed by atoms with Crippen molar-refractivity contribution in [3.63, 3.8) is 0 Å². The zero-order valence-electron chi connectivity index (χ0n) is 14.4. The average Bonchev–Trinajstić information content (AvgIpc) is 2.61. The van der Waals surface area contributed by atoms with Gasteiger partial charge in [0.1, 0.15) is 0 Å². The van der Waals surface area contributed by atoms with Crippen molar-refractivity contribution < 1.29 is 14.3 Å². The van der Waals surface area contributed by atoms with E-state index in [1.54, 1.807) is 13.2 Å². The molecule has 0 spiro atoms. The van der Waals surface area contributed by atoms with E-state index in [4.69, 9.17) is 14.5 Å². The molecule has 2 aromatic carbocycles. The van der Waals surface area contributed by atoms with Crippen LogP contribution in [0.5, 0.6) is 11.5 Å². The molecule has 0 aliphatic heterocycles. The van der Waals surface area contributed by atoms with Gasteiger partial charge >= 0.3 is 5.97 Å². The van der Waals surface area contributed by atoms with Crippen molar-refractivity contribution in [3.8, 4) is 11.5 Å². The second-order valence-electron chi connectivity index (χ2n) is 5.72. The molecule has 0 aliphatic carbocycles. The number of aryl methyl sites for hydroxylation is 1. The van der Waals surface area contributed by atoms with Gasteiger partial charge < -0.3 is 9.47 Å². The second kappa shape index (κ2) is 7.18. The minimum Gasteiger partial charge on any atom is -0.493 e. The predicted octanol–water partition coefficient (Wildman–Crippen LogP) is 4.65. The summed E-state index contributed by atoms with van der Waals surface area (Å²) in [5.74, 6) is 0.545. The molecule has 0 saturated carbocycles. The Labute approximate surface area is 146 Å². The van der Waals surface area contributed by atoms with Crippen LogP contribution < -0.4 is 9.47 Å². The normalized spacial score (nSPS) is 11.0.